The molecule has 1 aromatic heterocycles. The molecule has 0 spiro atoms. The minimum atomic E-state index is 0.172. The van der Waals surface area contributed by atoms with Crippen LogP contribution in [0.25, 0.3) is 0 Å². The van der Waals surface area contributed by atoms with Gasteiger partial charge in [-0.3, -0.25) is 9.58 Å². The lowest BCUT2D eigenvalue weighted by Gasteiger charge is -2.33. The summed E-state index contributed by atoms with van der Waals surface area (Å²) in [7, 11) is 2.03. The van der Waals surface area contributed by atoms with E-state index in [0.717, 1.165) is 29.8 Å². The number of halogens is 1. The Balaban J connectivity index is 2.20. The summed E-state index contributed by atoms with van der Waals surface area (Å²) in [6, 6.07) is 0.594. The third kappa shape index (κ3) is 3.38. The lowest BCUT2D eigenvalue weighted by atomic mass is 10.1. The Bertz CT molecular complexity index is 453. The van der Waals surface area contributed by atoms with Crippen LogP contribution in [0.3, 0.4) is 0 Å². The molecule has 1 aliphatic heterocycles. The van der Waals surface area contributed by atoms with Gasteiger partial charge < -0.3 is 5.32 Å². The number of hydrogen-bond donors (Lipinski definition) is 1. The summed E-state index contributed by atoms with van der Waals surface area (Å²) in [5.41, 5.74) is 2.50. The third-order valence-corrected chi connectivity index (χ3v) is 5.03. The van der Waals surface area contributed by atoms with Crippen LogP contribution in [0.15, 0.2) is 4.47 Å². The Labute approximate surface area is 124 Å². The van der Waals surface area contributed by atoms with Gasteiger partial charge in [0.2, 0.25) is 0 Å². The van der Waals surface area contributed by atoms with E-state index in [1.54, 1.807) is 0 Å². The molecule has 0 bridgehead atoms. The van der Waals surface area contributed by atoms with E-state index in [2.05, 4.69) is 52.0 Å². The van der Waals surface area contributed by atoms with E-state index in [9.17, 15) is 0 Å². The van der Waals surface area contributed by atoms with Crippen molar-refractivity contribution in [2.75, 3.05) is 13.1 Å². The van der Waals surface area contributed by atoms with E-state index in [1.807, 2.05) is 18.7 Å². The number of rotatable bonds is 2. The molecule has 4 nitrogen and oxygen atoms in total. The van der Waals surface area contributed by atoms with Gasteiger partial charge in [0.25, 0.3) is 0 Å². The van der Waals surface area contributed by atoms with Crippen LogP contribution < -0.4 is 5.32 Å². The molecular formula is C14H25BrN4. The van der Waals surface area contributed by atoms with Gasteiger partial charge in [0, 0.05) is 31.7 Å². The van der Waals surface area contributed by atoms with Crippen molar-refractivity contribution in [3.05, 3.63) is 15.9 Å². The first-order chi connectivity index (χ1) is 8.80. The van der Waals surface area contributed by atoms with Crippen molar-refractivity contribution in [3.8, 4) is 0 Å². The minimum absolute atomic E-state index is 0.172. The Hall–Kier alpha value is -0.390. The van der Waals surface area contributed by atoms with Crippen LogP contribution in [0.2, 0.25) is 0 Å². The molecular weight excluding hydrogens is 304 g/mol. The van der Waals surface area contributed by atoms with Gasteiger partial charge >= 0.3 is 0 Å². The van der Waals surface area contributed by atoms with E-state index in [4.69, 9.17) is 0 Å². The van der Waals surface area contributed by atoms with Crippen LogP contribution in [-0.2, 0) is 13.6 Å². The Morgan fingerprint density at radius 1 is 1.47 bits per heavy atom. The summed E-state index contributed by atoms with van der Waals surface area (Å²) in [6.07, 6.45) is 1.19. The van der Waals surface area contributed by atoms with Crippen molar-refractivity contribution in [3.63, 3.8) is 0 Å². The molecule has 5 heteroatoms. The predicted molar refractivity (Wildman–Crippen MR) is 82.2 cm³/mol. The summed E-state index contributed by atoms with van der Waals surface area (Å²) < 4.78 is 3.15. The molecule has 0 aromatic carbocycles. The zero-order valence-electron chi connectivity index (χ0n) is 12.6. The van der Waals surface area contributed by atoms with Gasteiger partial charge in [0.1, 0.15) is 0 Å². The predicted octanol–water partition coefficient (Wildman–Crippen LogP) is 2.45. The fraction of sp³-hybridized carbons (Fsp3) is 0.786. The molecule has 108 valence electrons. The van der Waals surface area contributed by atoms with Gasteiger partial charge in [-0.1, -0.05) is 0 Å². The normalized spacial score (nSPS) is 24.4. The molecule has 19 heavy (non-hydrogen) atoms. The highest BCUT2D eigenvalue weighted by Crippen LogP contribution is 2.24. The number of aryl methyl sites for hydroxylation is 2. The van der Waals surface area contributed by atoms with Crippen molar-refractivity contribution in [2.45, 2.75) is 52.2 Å². The summed E-state index contributed by atoms with van der Waals surface area (Å²) >= 11 is 3.67. The average Bonchev–Trinajstić information content (AvgIpc) is 2.45. The van der Waals surface area contributed by atoms with Gasteiger partial charge in [0.05, 0.1) is 15.9 Å². The molecule has 2 rings (SSSR count). The zero-order chi connectivity index (χ0) is 14.2. The van der Waals surface area contributed by atoms with E-state index < -0.39 is 0 Å². The van der Waals surface area contributed by atoms with E-state index in [-0.39, 0.29) is 5.54 Å². The molecule has 1 aromatic rings. The first kappa shape index (κ1) is 15.0. The highest BCUT2D eigenvalue weighted by atomic mass is 79.9. The van der Waals surface area contributed by atoms with Crippen LogP contribution in [0.1, 0.15) is 38.6 Å². The lowest BCUT2D eigenvalue weighted by Crippen LogP contribution is -2.47. The van der Waals surface area contributed by atoms with Crippen LogP contribution in [-0.4, -0.2) is 39.4 Å². The summed E-state index contributed by atoms with van der Waals surface area (Å²) in [5, 5.41) is 8.11. The largest absolute Gasteiger partial charge is 0.310 e. The fourth-order valence-corrected chi connectivity index (χ4v) is 3.24. The average molecular weight is 329 g/mol. The standard InChI is InChI=1S/C14H25BrN4/c1-10-6-7-16-14(3,4)9-19(10)8-12-13(15)11(2)17-18(12)5/h10,16H,6-9H2,1-5H3. The molecule has 0 radical (unpaired) electrons. The molecule has 1 unspecified atom stereocenters. The second kappa shape index (κ2) is 5.54. The molecule has 1 fully saturated rings. The van der Waals surface area contributed by atoms with Crippen molar-refractivity contribution >= 4 is 15.9 Å². The summed E-state index contributed by atoms with van der Waals surface area (Å²) in [4.78, 5) is 2.56. The zero-order valence-corrected chi connectivity index (χ0v) is 14.2. The first-order valence-electron chi connectivity index (χ1n) is 6.97. The summed E-state index contributed by atoms with van der Waals surface area (Å²) in [6.45, 7) is 12.0. The van der Waals surface area contributed by atoms with Crippen molar-refractivity contribution in [1.82, 2.24) is 20.0 Å². The number of nitrogens with one attached hydrogen (secondary N) is 1. The molecule has 0 amide bonds. The molecule has 2 heterocycles. The maximum absolute atomic E-state index is 4.49. The Kier molecular flexibility index (Phi) is 4.38. The van der Waals surface area contributed by atoms with Crippen LogP contribution in [0, 0.1) is 6.92 Å². The molecule has 1 atom stereocenters. The van der Waals surface area contributed by atoms with Gasteiger partial charge in [-0.15, -0.1) is 0 Å². The van der Waals surface area contributed by atoms with Crippen LogP contribution >= 0.6 is 15.9 Å². The molecule has 0 aliphatic carbocycles. The first-order valence-corrected chi connectivity index (χ1v) is 7.76. The second-order valence-electron chi connectivity index (χ2n) is 6.32. The molecule has 1 saturated heterocycles. The van der Waals surface area contributed by atoms with Gasteiger partial charge in [-0.2, -0.15) is 5.10 Å². The quantitative estimate of drug-likeness (QED) is 0.905. The molecule has 1 aliphatic rings. The Morgan fingerprint density at radius 2 is 2.16 bits per heavy atom. The monoisotopic (exact) mass is 328 g/mol. The maximum atomic E-state index is 4.49. The SMILES string of the molecule is Cc1nn(C)c(CN2CC(C)(C)NCCC2C)c1Br. The van der Waals surface area contributed by atoms with E-state index in [1.165, 1.54) is 12.1 Å². The van der Waals surface area contributed by atoms with Gasteiger partial charge in [-0.25, -0.2) is 0 Å². The van der Waals surface area contributed by atoms with Crippen LogP contribution in [0.5, 0.6) is 0 Å². The van der Waals surface area contributed by atoms with Gasteiger partial charge in [-0.05, 0) is 56.6 Å². The number of hydrogen-bond acceptors (Lipinski definition) is 3. The van der Waals surface area contributed by atoms with E-state index >= 15 is 0 Å². The lowest BCUT2D eigenvalue weighted by molar-refractivity contribution is 0.168. The minimum Gasteiger partial charge on any atom is -0.310 e. The molecule has 0 saturated carbocycles. The third-order valence-electron chi connectivity index (χ3n) is 4.00. The topological polar surface area (TPSA) is 33.1 Å². The maximum Gasteiger partial charge on any atom is 0.0739 e. The van der Waals surface area contributed by atoms with Crippen molar-refractivity contribution in [2.24, 2.45) is 7.05 Å². The van der Waals surface area contributed by atoms with Crippen molar-refractivity contribution in [1.29, 1.82) is 0 Å². The number of aromatic nitrogens is 2. The Morgan fingerprint density at radius 3 is 2.74 bits per heavy atom. The van der Waals surface area contributed by atoms with Crippen molar-refractivity contribution < 1.29 is 0 Å². The summed E-state index contributed by atoms with van der Waals surface area (Å²) in [5.74, 6) is 0. The van der Waals surface area contributed by atoms with Crippen LogP contribution in [0.4, 0.5) is 0 Å². The highest BCUT2D eigenvalue weighted by molar-refractivity contribution is 9.10. The molecule has 1 N–H and O–H groups in total. The smallest absolute Gasteiger partial charge is 0.0739 e. The second-order valence-corrected chi connectivity index (χ2v) is 7.12. The number of nitrogens with zero attached hydrogens (tertiary/aromatic N) is 3. The fourth-order valence-electron chi connectivity index (χ4n) is 2.78. The van der Waals surface area contributed by atoms with Gasteiger partial charge in [0.15, 0.2) is 0 Å². The highest BCUT2D eigenvalue weighted by Gasteiger charge is 2.29. The van der Waals surface area contributed by atoms with E-state index in [0.29, 0.717) is 6.04 Å².